The first kappa shape index (κ1) is 24.5. The SMILES string of the molecule is CC(N)C(=O)NC(C)C(=O)NC(Cc1ccccc1)C(=O)NC(Cc1cnc[nH]1)C(=O)O. The van der Waals surface area contributed by atoms with Crippen molar-refractivity contribution < 1.29 is 24.3 Å². The van der Waals surface area contributed by atoms with Gasteiger partial charge in [-0.25, -0.2) is 9.78 Å². The molecule has 0 saturated carbocycles. The molecular weight excluding hydrogens is 416 g/mol. The minimum Gasteiger partial charge on any atom is -0.480 e. The van der Waals surface area contributed by atoms with Crippen LogP contribution in [-0.4, -0.2) is 62.9 Å². The second-order valence-corrected chi connectivity index (χ2v) is 7.45. The van der Waals surface area contributed by atoms with Gasteiger partial charge in [0.15, 0.2) is 0 Å². The van der Waals surface area contributed by atoms with E-state index in [1.54, 1.807) is 24.3 Å². The number of carbonyl (C=O) groups excluding carboxylic acids is 3. The summed E-state index contributed by atoms with van der Waals surface area (Å²) < 4.78 is 0. The van der Waals surface area contributed by atoms with Gasteiger partial charge in [-0.3, -0.25) is 14.4 Å². The quantitative estimate of drug-likeness (QED) is 0.260. The highest BCUT2D eigenvalue weighted by atomic mass is 16.4. The van der Waals surface area contributed by atoms with Crippen molar-refractivity contribution >= 4 is 23.7 Å². The van der Waals surface area contributed by atoms with Crippen LogP contribution in [0.3, 0.4) is 0 Å². The van der Waals surface area contributed by atoms with Crippen LogP contribution in [0, 0.1) is 0 Å². The van der Waals surface area contributed by atoms with Gasteiger partial charge < -0.3 is 31.8 Å². The highest BCUT2D eigenvalue weighted by Gasteiger charge is 2.29. The fourth-order valence-corrected chi connectivity index (χ4v) is 2.85. The lowest BCUT2D eigenvalue weighted by atomic mass is 10.0. The van der Waals surface area contributed by atoms with Crippen LogP contribution in [0.25, 0.3) is 0 Å². The van der Waals surface area contributed by atoms with Crippen molar-refractivity contribution in [3.63, 3.8) is 0 Å². The van der Waals surface area contributed by atoms with E-state index in [1.165, 1.54) is 26.4 Å². The maximum absolute atomic E-state index is 13.0. The number of aromatic nitrogens is 2. The average molecular weight is 444 g/mol. The number of carboxylic acid groups (broad SMARTS) is 1. The molecule has 3 amide bonds. The summed E-state index contributed by atoms with van der Waals surface area (Å²) in [7, 11) is 0. The number of rotatable bonds is 11. The zero-order valence-corrected chi connectivity index (χ0v) is 17.9. The monoisotopic (exact) mass is 444 g/mol. The molecule has 0 aliphatic rings. The van der Waals surface area contributed by atoms with E-state index < -0.39 is 47.9 Å². The lowest BCUT2D eigenvalue weighted by Crippen LogP contribution is -2.57. The number of H-pyrrole nitrogens is 1. The van der Waals surface area contributed by atoms with Gasteiger partial charge in [0.2, 0.25) is 17.7 Å². The molecule has 32 heavy (non-hydrogen) atoms. The lowest BCUT2D eigenvalue weighted by Gasteiger charge is -2.23. The summed E-state index contributed by atoms with van der Waals surface area (Å²) in [5.74, 6) is -3.01. The molecule has 11 nitrogen and oxygen atoms in total. The number of hydrogen-bond donors (Lipinski definition) is 6. The molecule has 11 heteroatoms. The van der Waals surface area contributed by atoms with Crippen LogP contribution >= 0.6 is 0 Å². The van der Waals surface area contributed by atoms with Crippen LogP contribution in [0.5, 0.6) is 0 Å². The molecule has 0 radical (unpaired) electrons. The first-order chi connectivity index (χ1) is 15.2. The van der Waals surface area contributed by atoms with Gasteiger partial charge in [-0.2, -0.15) is 0 Å². The number of nitrogens with one attached hydrogen (secondary N) is 4. The molecule has 0 aliphatic carbocycles. The lowest BCUT2D eigenvalue weighted by molar-refractivity contribution is -0.142. The van der Waals surface area contributed by atoms with Gasteiger partial charge >= 0.3 is 5.97 Å². The number of aromatic amines is 1. The van der Waals surface area contributed by atoms with Gasteiger partial charge in [0, 0.05) is 24.7 Å². The van der Waals surface area contributed by atoms with E-state index in [0.717, 1.165) is 5.56 Å². The highest BCUT2D eigenvalue weighted by molar-refractivity contribution is 5.94. The Kier molecular flexibility index (Phi) is 8.90. The molecule has 0 bridgehead atoms. The summed E-state index contributed by atoms with van der Waals surface area (Å²) in [5, 5.41) is 17.0. The summed E-state index contributed by atoms with van der Waals surface area (Å²) in [5.41, 5.74) is 6.80. The molecule has 0 fully saturated rings. The molecule has 0 spiro atoms. The number of benzene rings is 1. The Balaban J connectivity index is 2.13. The van der Waals surface area contributed by atoms with E-state index in [9.17, 15) is 24.3 Å². The van der Waals surface area contributed by atoms with Crippen molar-refractivity contribution in [2.75, 3.05) is 0 Å². The van der Waals surface area contributed by atoms with Crippen LogP contribution in [0.15, 0.2) is 42.9 Å². The Hall–Kier alpha value is -3.73. The molecule has 1 aromatic carbocycles. The molecule has 7 N–H and O–H groups in total. The summed E-state index contributed by atoms with van der Waals surface area (Å²) in [6.07, 6.45) is 3.00. The van der Waals surface area contributed by atoms with Gasteiger partial charge in [0.1, 0.15) is 18.1 Å². The molecule has 1 aromatic heterocycles. The first-order valence-electron chi connectivity index (χ1n) is 10.1. The van der Waals surface area contributed by atoms with Crippen LogP contribution < -0.4 is 21.7 Å². The van der Waals surface area contributed by atoms with Crippen molar-refractivity contribution in [2.24, 2.45) is 5.73 Å². The summed E-state index contributed by atoms with van der Waals surface area (Å²) in [6, 6.07) is 4.92. The average Bonchev–Trinajstić information content (AvgIpc) is 3.26. The van der Waals surface area contributed by atoms with Crippen LogP contribution in [0.1, 0.15) is 25.1 Å². The van der Waals surface area contributed by atoms with Crippen molar-refractivity contribution in [1.29, 1.82) is 0 Å². The predicted octanol–water partition coefficient (Wildman–Crippen LogP) is -0.899. The van der Waals surface area contributed by atoms with Crippen LogP contribution in [0.4, 0.5) is 0 Å². The second-order valence-electron chi connectivity index (χ2n) is 7.45. The minimum absolute atomic E-state index is 0.00603. The summed E-state index contributed by atoms with van der Waals surface area (Å²) in [4.78, 5) is 55.6. The third-order valence-electron chi connectivity index (χ3n) is 4.67. The summed E-state index contributed by atoms with van der Waals surface area (Å²) in [6.45, 7) is 2.95. The highest BCUT2D eigenvalue weighted by Crippen LogP contribution is 2.06. The Morgan fingerprint density at radius 3 is 2.19 bits per heavy atom. The number of imidazole rings is 1. The van der Waals surface area contributed by atoms with Gasteiger partial charge in [-0.05, 0) is 19.4 Å². The smallest absolute Gasteiger partial charge is 0.326 e. The molecule has 172 valence electrons. The van der Waals surface area contributed by atoms with Crippen LogP contribution in [0.2, 0.25) is 0 Å². The van der Waals surface area contributed by atoms with Gasteiger partial charge in [0.05, 0.1) is 12.4 Å². The summed E-state index contributed by atoms with van der Waals surface area (Å²) >= 11 is 0. The standard InChI is InChI=1S/C21H28N6O5/c1-12(22)18(28)25-13(2)19(29)26-16(8-14-6-4-3-5-7-14)20(30)27-17(21(31)32)9-15-10-23-11-24-15/h3-7,10-13,16-17H,8-9,22H2,1-2H3,(H,23,24)(H,25,28)(H,26,29)(H,27,30)(H,31,32). The molecule has 0 aliphatic heterocycles. The molecule has 0 saturated heterocycles. The molecule has 4 unspecified atom stereocenters. The van der Waals surface area contributed by atoms with Crippen molar-refractivity contribution in [2.45, 2.75) is 50.9 Å². The third kappa shape index (κ3) is 7.51. The minimum atomic E-state index is -1.23. The molecule has 2 rings (SSSR count). The van der Waals surface area contributed by atoms with Crippen molar-refractivity contribution in [1.82, 2.24) is 25.9 Å². The Morgan fingerprint density at radius 2 is 1.62 bits per heavy atom. The maximum atomic E-state index is 13.0. The van der Waals surface area contributed by atoms with E-state index in [1.807, 2.05) is 6.07 Å². The fourth-order valence-electron chi connectivity index (χ4n) is 2.85. The Labute approximate surface area is 185 Å². The van der Waals surface area contributed by atoms with Gasteiger partial charge in [-0.1, -0.05) is 30.3 Å². The van der Waals surface area contributed by atoms with Gasteiger partial charge in [0.25, 0.3) is 0 Å². The number of amides is 3. The van der Waals surface area contributed by atoms with Gasteiger partial charge in [-0.15, -0.1) is 0 Å². The van der Waals surface area contributed by atoms with E-state index in [0.29, 0.717) is 5.69 Å². The molecular formula is C21H28N6O5. The normalized spacial score (nSPS) is 14.5. The van der Waals surface area contributed by atoms with E-state index >= 15 is 0 Å². The number of carboxylic acids is 1. The molecule has 4 atom stereocenters. The molecule has 1 heterocycles. The van der Waals surface area contributed by atoms with E-state index in [-0.39, 0.29) is 12.8 Å². The van der Waals surface area contributed by atoms with E-state index in [2.05, 4.69) is 25.9 Å². The van der Waals surface area contributed by atoms with Crippen molar-refractivity contribution in [3.8, 4) is 0 Å². The fraction of sp³-hybridized carbons (Fsp3) is 0.381. The largest absolute Gasteiger partial charge is 0.480 e. The maximum Gasteiger partial charge on any atom is 0.326 e. The number of nitrogens with two attached hydrogens (primary N) is 1. The number of nitrogens with zero attached hydrogens (tertiary/aromatic N) is 1. The second kappa shape index (κ2) is 11.6. The molecule has 2 aromatic rings. The van der Waals surface area contributed by atoms with E-state index in [4.69, 9.17) is 5.73 Å². The number of hydrogen-bond acceptors (Lipinski definition) is 6. The topological polar surface area (TPSA) is 179 Å². The Bertz CT molecular complexity index is 916. The number of carbonyl (C=O) groups is 4. The first-order valence-corrected chi connectivity index (χ1v) is 10.1. The zero-order valence-electron chi connectivity index (χ0n) is 17.9. The Morgan fingerprint density at radius 1 is 0.969 bits per heavy atom. The van der Waals surface area contributed by atoms with Crippen molar-refractivity contribution in [3.05, 3.63) is 54.1 Å². The predicted molar refractivity (Wildman–Crippen MR) is 115 cm³/mol. The van der Waals surface area contributed by atoms with Crippen LogP contribution in [-0.2, 0) is 32.0 Å². The number of aliphatic carboxylic acids is 1. The zero-order chi connectivity index (χ0) is 23.7. The third-order valence-corrected chi connectivity index (χ3v) is 4.67.